The van der Waals surface area contributed by atoms with Crippen LogP contribution in [-0.2, 0) is 4.79 Å². The van der Waals surface area contributed by atoms with Crippen molar-refractivity contribution >= 4 is 11.9 Å². The van der Waals surface area contributed by atoms with Crippen LogP contribution in [0.4, 0.5) is 8.78 Å². The molecule has 0 aromatic heterocycles. The third-order valence-electron chi connectivity index (χ3n) is 3.90. The van der Waals surface area contributed by atoms with Crippen molar-refractivity contribution in [3.8, 4) is 5.75 Å². The van der Waals surface area contributed by atoms with Crippen molar-refractivity contribution in [3.05, 3.63) is 29.8 Å². The molecule has 2 rings (SSSR count). The van der Waals surface area contributed by atoms with Crippen LogP contribution in [0.3, 0.4) is 0 Å². The maximum absolute atomic E-state index is 12.4. The Hall–Kier alpha value is -2.18. The molecule has 7 heteroatoms. The lowest BCUT2D eigenvalue weighted by Crippen LogP contribution is -2.40. The van der Waals surface area contributed by atoms with Crippen LogP contribution in [0, 0.1) is 5.92 Å². The summed E-state index contributed by atoms with van der Waals surface area (Å²) >= 11 is 0. The summed E-state index contributed by atoms with van der Waals surface area (Å²) in [5.74, 6) is -0.809. The Bertz CT molecular complexity index is 548. The van der Waals surface area contributed by atoms with Crippen LogP contribution in [-0.4, -0.2) is 41.6 Å². The second kappa shape index (κ2) is 7.89. The zero-order chi connectivity index (χ0) is 16.8. The van der Waals surface area contributed by atoms with E-state index in [-0.39, 0.29) is 24.0 Å². The summed E-state index contributed by atoms with van der Waals surface area (Å²) < 4.78 is 28.5. The number of hydrogen-bond acceptors (Lipinski definition) is 3. The van der Waals surface area contributed by atoms with Gasteiger partial charge in [-0.05, 0) is 49.4 Å². The average molecular weight is 327 g/mol. The molecule has 1 aromatic rings. The number of carboxylic acids is 1. The lowest BCUT2D eigenvalue weighted by Gasteiger charge is -2.32. The highest BCUT2D eigenvalue weighted by atomic mass is 19.3. The third kappa shape index (κ3) is 5.19. The first-order valence-electron chi connectivity index (χ1n) is 7.51. The van der Waals surface area contributed by atoms with E-state index in [1.165, 1.54) is 24.3 Å². The van der Waals surface area contributed by atoms with E-state index in [0.717, 1.165) is 12.8 Å². The number of nitrogens with zero attached hydrogens (tertiary/aromatic N) is 1. The first kappa shape index (κ1) is 17.2. The van der Waals surface area contributed by atoms with Gasteiger partial charge in [-0.25, -0.2) is 0 Å². The fourth-order valence-electron chi connectivity index (χ4n) is 2.77. The number of carbonyl (C=O) groups excluding carboxylic acids is 1. The molecule has 0 aliphatic carbocycles. The molecule has 0 saturated carbocycles. The number of hydrogen-bond donors (Lipinski definition) is 1. The predicted molar refractivity (Wildman–Crippen MR) is 78.6 cm³/mol. The molecule has 1 heterocycles. The van der Waals surface area contributed by atoms with Crippen molar-refractivity contribution in [1.82, 2.24) is 4.90 Å². The minimum absolute atomic E-state index is 0.00882. The van der Waals surface area contributed by atoms with Crippen LogP contribution < -0.4 is 4.74 Å². The van der Waals surface area contributed by atoms with Crippen molar-refractivity contribution in [1.29, 1.82) is 0 Å². The van der Waals surface area contributed by atoms with E-state index < -0.39 is 12.6 Å². The van der Waals surface area contributed by atoms with Crippen LogP contribution in [0.5, 0.6) is 5.75 Å². The molecule has 0 spiro atoms. The molecule has 1 unspecified atom stereocenters. The Morgan fingerprint density at radius 1 is 1.30 bits per heavy atom. The second-order valence-corrected chi connectivity index (χ2v) is 5.59. The van der Waals surface area contributed by atoms with Crippen molar-refractivity contribution in [2.45, 2.75) is 32.3 Å². The van der Waals surface area contributed by atoms with Gasteiger partial charge in [-0.15, -0.1) is 0 Å². The van der Waals surface area contributed by atoms with Gasteiger partial charge in [0, 0.05) is 25.1 Å². The highest BCUT2D eigenvalue weighted by Crippen LogP contribution is 2.23. The fraction of sp³-hybridized carbons (Fsp3) is 0.500. The molecule has 1 atom stereocenters. The SMILES string of the molecule is O=C(O)CCC1CCCN(C(=O)c2ccc(OC(F)F)cc2)C1. The summed E-state index contributed by atoms with van der Waals surface area (Å²) in [6.45, 7) is -1.74. The molecular formula is C16H19F2NO4. The lowest BCUT2D eigenvalue weighted by molar-refractivity contribution is -0.137. The van der Waals surface area contributed by atoms with E-state index in [9.17, 15) is 18.4 Å². The first-order chi connectivity index (χ1) is 11.0. The Morgan fingerprint density at radius 2 is 2.00 bits per heavy atom. The second-order valence-electron chi connectivity index (χ2n) is 5.59. The monoisotopic (exact) mass is 327 g/mol. The van der Waals surface area contributed by atoms with Gasteiger partial charge in [-0.1, -0.05) is 0 Å². The maximum Gasteiger partial charge on any atom is 0.387 e. The molecule has 1 saturated heterocycles. The zero-order valence-electron chi connectivity index (χ0n) is 12.6. The smallest absolute Gasteiger partial charge is 0.387 e. The van der Waals surface area contributed by atoms with E-state index in [2.05, 4.69) is 4.74 Å². The highest BCUT2D eigenvalue weighted by molar-refractivity contribution is 5.94. The summed E-state index contributed by atoms with van der Waals surface area (Å²) in [5, 5.41) is 8.74. The van der Waals surface area contributed by atoms with Gasteiger partial charge in [0.1, 0.15) is 5.75 Å². The zero-order valence-corrected chi connectivity index (χ0v) is 12.6. The molecule has 1 amide bonds. The number of carbonyl (C=O) groups is 2. The Labute approximate surface area is 132 Å². The maximum atomic E-state index is 12.4. The van der Waals surface area contributed by atoms with Gasteiger partial charge in [-0.3, -0.25) is 9.59 Å². The first-order valence-corrected chi connectivity index (χ1v) is 7.51. The number of aliphatic carboxylic acids is 1. The summed E-state index contributed by atoms with van der Waals surface area (Å²) in [5.41, 5.74) is 0.408. The molecule has 1 aliphatic rings. The molecule has 1 fully saturated rings. The van der Waals surface area contributed by atoms with Crippen molar-refractivity contribution < 1.29 is 28.2 Å². The number of benzene rings is 1. The molecular weight excluding hydrogens is 308 g/mol. The molecule has 0 radical (unpaired) electrons. The van der Waals surface area contributed by atoms with Crippen molar-refractivity contribution in [2.75, 3.05) is 13.1 Å². The average Bonchev–Trinajstić information content (AvgIpc) is 2.53. The highest BCUT2D eigenvalue weighted by Gasteiger charge is 2.24. The number of likely N-dealkylation sites (tertiary alicyclic amines) is 1. The summed E-state index contributed by atoms with van der Waals surface area (Å²) in [4.78, 5) is 24.8. The summed E-state index contributed by atoms with van der Waals surface area (Å²) in [7, 11) is 0. The van der Waals surface area contributed by atoms with Gasteiger partial charge in [-0.2, -0.15) is 8.78 Å². The van der Waals surface area contributed by atoms with Crippen LogP contribution in [0.1, 0.15) is 36.0 Å². The number of alkyl halides is 2. The number of halogens is 2. The van der Waals surface area contributed by atoms with E-state index in [1.807, 2.05) is 0 Å². The van der Waals surface area contributed by atoms with Gasteiger partial charge in [0.25, 0.3) is 5.91 Å². The topological polar surface area (TPSA) is 66.8 Å². The van der Waals surface area contributed by atoms with E-state index in [4.69, 9.17) is 5.11 Å². The predicted octanol–water partition coefficient (Wildman–Crippen LogP) is 3.01. The van der Waals surface area contributed by atoms with Crippen LogP contribution >= 0.6 is 0 Å². The molecule has 5 nitrogen and oxygen atoms in total. The van der Waals surface area contributed by atoms with E-state index in [0.29, 0.717) is 25.1 Å². The molecule has 23 heavy (non-hydrogen) atoms. The fourth-order valence-corrected chi connectivity index (χ4v) is 2.77. The molecule has 1 aromatic carbocycles. The molecule has 1 N–H and O–H groups in total. The Balaban J connectivity index is 1.94. The van der Waals surface area contributed by atoms with Gasteiger partial charge < -0.3 is 14.7 Å². The molecule has 126 valence electrons. The van der Waals surface area contributed by atoms with Gasteiger partial charge >= 0.3 is 12.6 Å². The quantitative estimate of drug-likeness (QED) is 0.872. The van der Waals surface area contributed by atoms with Gasteiger partial charge in [0.05, 0.1) is 0 Å². The van der Waals surface area contributed by atoms with E-state index in [1.54, 1.807) is 4.90 Å². The van der Waals surface area contributed by atoms with Crippen molar-refractivity contribution in [2.24, 2.45) is 5.92 Å². The summed E-state index contributed by atoms with van der Waals surface area (Å²) in [6.07, 6.45) is 2.41. The van der Waals surface area contributed by atoms with Crippen LogP contribution in [0.15, 0.2) is 24.3 Å². The number of ether oxygens (including phenoxy) is 1. The summed E-state index contributed by atoms with van der Waals surface area (Å²) in [6, 6.07) is 5.60. The van der Waals surface area contributed by atoms with Gasteiger partial charge in [0.2, 0.25) is 0 Å². The standard InChI is InChI=1S/C16H19F2NO4/c17-16(18)23-13-6-4-12(5-7-13)15(22)19-9-1-2-11(10-19)3-8-14(20)21/h4-7,11,16H,1-3,8-10H2,(H,20,21). The van der Waals surface area contributed by atoms with E-state index >= 15 is 0 Å². The largest absolute Gasteiger partial charge is 0.481 e. The van der Waals surface area contributed by atoms with Crippen LogP contribution in [0.25, 0.3) is 0 Å². The van der Waals surface area contributed by atoms with Crippen molar-refractivity contribution in [3.63, 3.8) is 0 Å². The number of amides is 1. The third-order valence-corrected chi connectivity index (χ3v) is 3.90. The Kier molecular flexibility index (Phi) is 5.90. The Morgan fingerprint density at radius 3 is 2.61 bits per heavy atom. The minimum atomic E-state index is -2.89. The molecule has 1 aliphatic heterocycles. The number of rotatable bonds is 6. The molecule has 0 bridgehead atoms. The normalized spacial score (nSPS) is 18.0. The lowest BCUT2D eigenvalue weighted by atomic mass is 9.93. The number of carboxylic acid groups (broad SMARTS) is 1. The van der Waals surface area contributed by atoms with Crippen LogP contribution in [0.2, 0.25) is 0 Å². The minimum Gasteiger partial charge on any atom is -0.481 e. The van der Waals surface area contributed by atoms with Gasteiger partial charge in [0.15, 0.2) is 0 Å². The number of piperidine rings is 1.